The van der Waals surface area contributed by atoms with Gasteiger partial charge in [-0.2, -0.15) is 0 Å². The average molecular weight is 397 g/mol. The topological polar surface area (TPSA) is 81.7 Å². The van der Waals surface area contributed by atoms with Gasteiger partial charge in [-0.25, -0.2) is 9.59 Å². The standard InChI is InChI=1S/C23H27NO5/c1-16(20(25)18-13-9-6-10-14-18)19(21(26)29-23(2,3)4)24-22(27)28-15-17-11-7-5-8-12-17/h5-14,16,19H,15H2,1-4H3,(H,24,27)/t16-,19-/m0/s1. The van der Waals surface area contributed by atoms with Gasteiger partial charge in [0.2, 0.25) is 0 Å². The number of nitrogens with one attached hydrogen (secondary N) is 1. The molecule has 0 unspecified atom stereocenters. The number of carbonyl (C=O) groups excluding carboxylic acids is 3. The van der Waals surface area contributed by atoms with E-state index >= 15 is 0 Å². The van der Waals surface area contributed by atoms with Crippen molar-refractivity contribution in [3.05, 3.63) is 71.8 Å². The fourth-order valence-electron chi connectivity index (χ4n) is 2.66. The van der Waals surface area contributed by atoms with Gasteiger partial charge >= 0.3 is 12.1 Å². The minimum absolute atomic E-state index is 0.0503. The van der Waals surface area contributed by atoms with Gasteiger partial charge in [-0.05, 0) is 26.3 Å². The number of hydrogen-bond donors (Lipinski definition) is 1. The van der Waals surface area contributed by atoms with Crippen LogP contribution in [0.3, 0.4) is 0 Å². The fourth-order valence-corrected chi connectivity index (χ4v) is 2.66. The summed E-state index contributed by atoms with van der Waals surface area (Å²) in [6.07, 6.45) is -0.794. The summed E-state index contributed by atoms with van der Waals surface area (Å²) < 4.78 is 10.6. The molecule has 0 heterocycles. The maximum atomic E-state index is 12.8. The van der Waals surface area contributed by atoms with Crippen LogP contribution in [-0.4, -0.2) is 29.5 Å². The zero-order valence-corrected chi connectivity index (χ0v) is 17.2. The number of amides is 1. The average Bonchev–Trinajstić information content (AvgIpc) is 2.69. The van der Waals surface area contributed by atoms with Gasteiger partial charge in [0.1, 0.15) is 18.2 Å². The molecule has 0 spiro atoms. The van der Waals surface area contributed by atoms with Gasteiger partial charge in [0.15, 0.2) is 5.78 Å². The third-order valence-electron chi connectivity index (χ3n) is 4.12. The van der Waals surface area contributed by atoms with Crippen molar-refractivity contribution in [2.45, 2.75) is 45.9 Å². The molecule has 0 saturated carbocycles. The fraction of sp³-hybridized carbons (Fsp3) is 0.348. The van der Waals surface area contributed by atoms with E-state index in [1.165, 1.54) is 0 Å². The van der Waals surface area contributed by atoms with E-state index in [1.807, 2.05) is 30.3 Å². The molecule has 2 aromatic carbocycles. The number of Topliss-reactive ketones (excluding diaryl/α,β-unsaturated/α-hetero) is 1. The van der Waals surface area contributed by atoms with Gasteiger partial charge < -0.3 is 14.8 Å². The first-order valence-corrected chi connectivity index (χ1v) is 9.47. The van der Waals surface area contributed by atoms with Crippen LogP contribution in [0.15, 0.2) is 60.7 Å². The molecule has 29 heavy (non-hydrogen) atoms. The molecule has 0 radical (unpaired) electrons. The first-order valence-electron chi connectivity index (χ1n) is 9.47. The Kier molecular flexibility index (Phi) is 7.53. The number of ketones is 1. The van der Waals surface area contributed by atoms with Crippen molar-refractivity contribution >= 4 is 17.8 Å². The molecular weight excluding hydrogens is 370 g/mol. The van der Waals surface area contributed by atoms with Gasteiger partial charge in [0, 0.05) is 5.56 Å². The molecule has 2 atom stereocenters. The number of alkyl carbamates (subject to hydrolysis) is 1. The lowest BCUT2D eigenvalue weighted by Gasteiger charge is -2.27. The lowest BCUT2D eigenvalue weighted by atomic mass is 9.92. The highest BCUT2D eigenvalue weighted by molar-refractivity contribution is 6.01. The highest BCUT2D eigenvalue weighted by Crippen LogP contribution is 2.17. The number of rotatable bonds is 7. The summed E-state index contributed by atoms with van der Waals surface area (Å²) in [5.74, 6) is -1.80. The molecule has 6 nitrogen and oxygen atoms in total. The minimum Gasteiger partial charge on any atom is -0.458 e. The maximum Gasteiger partial charge on any atom is 0.408 e. The SMILES string of the molecule is C[C@H](C(=O)c1ccccc1)[C@H](NC(=O)OCc1ccccc1)C(=O)OC(C)(C)C. The Bertz CT molecular complexity index is 827. The van der Waals surface area contributed by atoms with Gasteiger partial charge in [-0.1, -0.05) is 67.6 Å². The highest BCUT2D eigenvalue weighted by atomic mass is 16.6. The number of ether oxygens (including phenoxy) is 2. The maximum absolute atomic E-state index is 12.8. The van der Waals surface area contributed by atoms with Crippen LogP contribution in [0, 0.1) is 5.92 Å². The first kappa shape index (κ1) is 22.1. The third kappa shape index (κ3) is 7.07. The summed E-state index contributed by atoms with van der Waals surface area (Å²) >= 11 is 0. The molecule has 0 aliphatic rings. The number of esters is 1. The molecule has 0 aromatic heterocycles. The lowest BCUT2D eigenvalue weighted by Crippen LogP contribution is -2.50. The molecule has 1 amide bonds. The van der Waals surface area contributed by atoms with Gasteiger partial charge in [-0.15, -0.1) is 0 Å². The Balaban J connectivity index is 2.12. The first-order chi connectivity index (χ1) is 13.7. The summed E-state index contributed by atoms with van der Waals surface area (Å²) in [7, 11) is 0. The second kappa shape index (κ2) is 9.87. The Morgan fingerprint density at radius 1 is 0.931 bits per heavy atom. The second-order valence-electron chi connectivity index (χ2n) is 7.74. The third-order valence-corrected chi connectivity index (χ3v) is 4.12. The van der Waals surface area contributed by atoms with Gasteiger partial charge in [0.25, 0.3) is 0 Å². The molecule has 0 bridgehead atoms. The summed E-state index contributed by atoms with van der Waals surface area (Å²) in [4.78, 5) is 37.8. The highest BCUT2D eigenvalue weighted by Gasteiger charge is 2.35. The van der Waals surface area contributed by atoms with Crippen molar-refractivity contribution < 1.29 is 23.9 Å². The van der Waals surface area contributed by atoms with Crippen molar-refractivity contribution in [2.24, 2.45) is 5.92 Å². The quantitative estimate of drug-likeness (QED) is 0.561. The molecule has 0 saturated heterocycles. The summed E-state index contributed by atoms with van der Waals surface area (Å²) in [5, 5.41) is 2.50. The van der Waals surface area contributed by atoms with Crippen LogP contribution < -0.4 is 5.32 Å². The normalized spacial score (nSPS) is 13.1. The Hall–Kier alpha value is -3.15. The Labute approximate surface area is 171 Å². The molecule has 2 rings (SSSR count). The van der Waals surface area contributed by atoms with Crippen LogP contribution >= 0.6 is 0 Å². The van der Waals surface area contributed by atoms with Crippen molar-refractivity contribution in [1.82, 2.24) is 5.32 Å². The van der Waals surface area contributed by atoms with Crippen LogP contribution in [0.2, 0.25) is 0 Å². The van der Waals surface area contributed by atoms with E-state index in [4.69, 9.17) is 9.47 Å². The van der Waals surface area contributed by atoms with E-state index < -0.39 is 29.6 Å². The van der Waals surface area contributed by atoms with Crippen LogP contribution in [0.25, 0.3) is 0 Å². The smallest absolute Gasteiger partial charge is 0.408 e. The van der Waals surface area contributed by atoms with Crippen LogP contribution in [0.4, 0.5) is 4.79 Å². The minimum atomic E-state index is -1.18. The predicted octanol–water partition coefficient (Wildman–Crippen LogP) is 4.14. The number of carbonyl (C=O) groups is 3. The molecule has 0 fully saturated rings. The monoisotopic (exact) mass is 397 g/mol. The lowest BCUT2D eigenvalue weighted by molar-refractivity contribution is -0.158. The number of benzene rings is 2. The van der Waals surface area contributed by atoms with E-state index in [-0.39, 0.29) is 12.4 Å². The molecule has 6 heteroatoms. The second-order valence-corrected chi connectivity index (χ2v) is 7.74. The van der Waals surface area contributed by atoms with Crippen molar-refractivity contribution in [3.8, 4) is 0 Å². The molecule has 2 aromatic rings. The predicted molar refractivity (Wildman–Crippen MR) is 109 cm³/mol. The molecule has 154 valence electrons. The largest absolute Gasteiger partial charge is 0.458 e. The van der Waals surface area contributed by atoms with E-state index in [0.717, 1.165) is 5.56 Å². The molecular formula is C23H27NO5. The Morgan fingerprint density at radius 3 is 2.03 bits per heavy atom. The zero-order valence-electron chi connectivity index (χ0n) is 17.2. The van der Waals surface area contributed by atoms with E-state index in [1.54, 1.807) is 58.0 Å². The van der Waals surface area contributed by atoms with E-state index in [9.17, 15) is 14.4 Å². The summed E-state index contributed by atoms with van der Waals surface area (Å²) in [6.45, 7) is 6.80. The Morgan fingerprint density at radius 2 is 1.48 bits per heavy atom. The zero-order chi connectivity index (χ0) is 21.4. The summed E-state index contributed by atoms with van der Waals surface area (Å²) in [5.41, 5.74) is 0.499. The van der Waals surface area contributed by atoms with Crippen molar-refractivity contribution in [3.63, 3.8) is 0 Å². The molecule has 0 aliphatic heterocycles. The van der Waals surface area contributed by atoms with Crippen molar-refractivity contribution in [1.29, 1.82) is 0 Å². The van der Waals surface area contributed by atoms with Crippen molar-refractivity contribution in [2.75, 3.05) is 0 Å². The van der Waals surface area contributed by atoms with Crippen LogP contribution in [-0.2, 0) is 20.9 Å². The van der Waals surface area contributed by atoms with Gasteiger partial charge in [-0.3, -0.25) is 4.79 Å². The molecule has 1 N–H and O–H groups in total. The van der Waals surface area contributed by atoms with Crippen LogP contribution in [0.1, 0.15) is 43.6 Å². The van der Waals surface area contributed by atoms with E-state index in [0.29, 0.717) is 5.56 Å². The van der Waals surface area contributed by atoms with Crippen LogP contribution in [0.5, 0.6) is 0 Å². The van der Waals surface area contributed by atoms with Gasteiger partial charge in [0.05, 0.1) is 5.92 Å². The van der Waals surface area contributed by atoms with E-state index in [2.05, 4.69) is 5.32 Å². The number of hydrogen-bond acceptors (Lipinski definition) is 5. The summed E-state index contributed by atoms with van der Waals surface area (Å²) in [6, 6.07) is 16.6. The molecule has 0 aliphatic carbocycles.